The summed E-state index contributed by atoms with van der Waals surface area (Å²) in [5.74, 6) is 1.15. The van der Waals surface area contributed by atoms with Gasteiger partial charge >= 0.3 is 0 Å². The van der Waals surface area contributed by atoms with Gasteiger partial charge in [-0.05, 0) is 43.9 Å². The van der Waals surface area contributed by atoms with Crippen molar-refractivity contribution < 1.29 is 9.53 Å². The molecule has 2 rings (SSSR count). The van der Waals surface area contributed by atoms with Crippen molar-refractivity contribution in [2.24, 2.45) is 11.7 Å². The summed E-state index contributed by atoms with van der Waals surface area (Å²) in [5.41, 5.74) is 7.18. The van der Waals surface area contributed by atoms with E-state index in [0.29, 0.717) is 12.5 Å². The number of hydrogen-bond acceptors (Lipinski definition) is 3. The number of benzene rings is 1. The van der Waals surface area contributed by atoms with Crippen LogP contribution in [0.4, 0.5) is 5.69 Å². The molecular weight excluding hydrogens is 264 g/mol. The van der Waals surface area contributed by atoms with Crippen LogP contribution in [0.5, 0.6) is 5.75 Å². The maximum atomic E-state index is 12.7. The molecule has 1 aliphatic rings. The molecule has 1 atom stereocenters. The summed E-state index contributed by atoms with van der Waals surface area (Å²) in [6.45, 7) is 10.6. The Morgan fingerprint density at radius 3 is 2.57 bits per heavy atom. The zero-order valence-electron chi connectivity index (χ0n) is 13.6. The summed E-state index contributed by atoms with van der Waals surface area (Å²) in [5, 5.41) is 0. The van der Waals surface area contributed by atoms with Crippen molar-refractivity contribution in [1.29, 1.82) is 0 Å². The first-order chi connectivity index (χ1) is 9.76. The van der Waals surface area contributed by atoms with Crippen LogP contribution in [0.15, 0.2) is 18.2 Å². The minimum absolute atomic E-state index is 0.00548. The SMILES string of the molecule is CCC(N)c1ccc2c(c1)N(CC(C)C)C(=O)C(C)(C)O2. The predicted molar refractivity (Wildman–Crippen MR) is 85.6 cm³/mol. The molecule has 0 bridgehead atoms. The van der Waals surface area contributed by atoms with Crippen molar-refractivity contribution in [3.8, 4) is 5.75 Å². The van der Waals surface area contributed by atoms with Crippen LogP contribution in [-0.2, 0) is 4.79 Å². The van der Waals surface area contributed by atoms with E-state index in [0.717, 1.165) is 23.4 Å². The normalized spacial score (nSPS) is 18.4. The summed E-state index contributed by atoms with van der Waals surface area (Å²) < 4.78 is 5.88. The van der Waals surface area contributed by atoms with Crippen LogP contribution in [0.3, 0.4) is 0 Å². The molecule has 0 fully saturated rings. The number of anilines is 1. The topological polar surface area (TPSA) is 55.6 Å². The molecular formula is C17H26N2O2. The van der Waals surface area contributed by atoms with Gasteiger partial charge in [-0.3, -0.25) is 4.79 Å². The molecule has 1 aliphatic heterocycles. The number of hydrogen-bond donors (Lipinski definition) is 1. The number of carbonyl (C=O) groups is 1. The number of rotatable bonds is 4. The predicted octanol–water partition coefficient (Wildman–Crippen LogP) is 3.26. The quantitative estimate of drug-likeness (QED) is 0.926. The fourth-order valence-electron chi connectivity index (χ4n) is 2.60. The summed E-state index contributed by atoms with van der Waals surface area (Å²) in [4.78, 5) is 14.5. The van der Waals surface area contributed by atoms with Crippen LogP contribution in [0.1, 0.15) is 52.6 Å². The highest BCUT2D eigenvalue weighted by atomic mass is 16.5. The lowest BCUT2D eigenvalue weighted by Gasteiger charge is -2.39. The van der Waals surface area contributed by atoms with E-state index in [1.165, 1.54) is 0 Å². The molecule has 116 valence electrons. The summed E-state index contributed by atoms with van der Waals surface area (Å²) in [6.07, 6.45) is 0.864. The highest BCUT2D eigenvalue weighted by Crippen LogP contribution is 2.39. The Bertz CT molecular complexity index is 538. The van der Waals surface area contributed by atoms with Gasteiger partial charge < -0.3 is 15.4 Å². The van der Waals surface area contributed by atoms with E-state index in [1.54, 1.807) is 0 Å². The molecule has 4 heteroatoms. The van der Waals surface area contributed by atoms with Gasteiger partial charge in [-0.1, -0.05) is 26.8 Å². The molecule has 0 spiro atoms. The molecule has 0 saturated carbocycles. The van der Waals surface area contributed by atoms with Gasteiger partial charge in [-0.25, -0.2) is 0 Å². The highest BCUT2D eigenvalue weighted by Gasteiger charge is 2.41. The second-order valence-corrected chi connectivity index (χ2v) is 6.66. The van der Waals surface area contributed by atoms with Crippen LogP contribution in [0.2, 0.25) is 0 Å². The van der Waals surface area contributed by atoms with Gasteiger partial charge in [0.05, 0.1) is 5.69 Å². The summed E-state index contributed by atoms with van der Waals surface area (Å²) >= 11 is 0. The van der Waals surface area contributed by atoms with E-state index in [9.17, 15) is 4.79 Å². The number of nitrogens with two attached hydrogens (primary N) is 1. The Kier molecular flexibility index (Phi) is 4.28. The third kappa shape index (κ3) is 3.05. The Morgan fingerprint density at radius 2 is 2.00 bits per heavy atom. The minimum atomic E-state index is -0.823. The van der Waals surface area contributed by atoms with Gasteiger partial charge in [0.2, 0.25) is 0 Å². The first-order valence-electron chi connectivity index (χ1n) is 7.66. The number of carbonyl (C=O) groups excluding carboxylic acids is 1. The zero-order valence-corrected chi connectivity index (χ0v) is 13.6. The van der Waals surface area contributed by atoms with Crippen LogP contribution in [-0.4, -0.2) is 18.1 Å². The molecule has 1 aromatic carbocycles. The zero-order chi connectivity index (χ0) is 15.8. The van der Waals surface area contributed by atoms with E-state index < -0.39 is 5.60 Å². The highest BCUT2D eigenvalue weighted by molar-refractivity contribution is 6.02. The van der Waals surface area contributed by atoms with Crippen molar-refractivity contribution in [1.82, 2.24) is 0 Å². The fraction of sp³-hybridized carbons (Fsp3) is 0.588. The molecule has 1 amide bonds. The first kappa shape index (κ1) is 15.8. The number of amides is 1. The summed E-state index contributed by atoms with van der Waals surface area (Å²) in [6, 6.07) is 5.91. The number of fused-ring (bicyclic) bond motifs is 1. The van der Waals surface area contributed by atoms with Gasteiger partial charge in [0.1, 0.15) is 5.75 Å². The van der Waals surface area contributed by atoms with E-state index in [1.807, 2.05) is 36.9 Å². The van der Waals surface area contributed by atoms with Gasteiger partial charge in [0, 0.05) is 12.6 Å². The molecule has 0 radical (unpaired) electrons. The van der Waals surface area contributed by atoms with E-state index in [2.05, 4.69) is 20.8 Å². The maximum absolute atomic E-state index is 12.7. The minimum Gasteiger partial charge on any atom is -0.476 e. The lowest BCUT2D eigenvalue weighted by atomic mass is 9.99. The molecule has 2 N–H and O–H groups in total. The third-order valence-electron chi connectivity index (χ3n) is 3.81. The van der Waals surface area contributed by atoms with Crippen LogP contribution in [0, 0.1) is 5.92 Å². The lowest BCUT2D eigenvalue weighted by molar-refractivity contribution is -0.132. The molecule has 0 saturated heterocycles. The number of nitrogens with zero attached hydrogens (tertiary/aromatic N) is 1. The average molecular weight is 290 g/mol. The molecule has 4 nitrogen and oxygen atoms in total. The Hall–Kier alpha value is -1.55. The standard InChI is InChI=1S/C17H26N2O2/c1-6-13(18)12-7-8-15-14(9-12)19(10-11(2)3)16(20)17(4,5)21-15/h7-9,11,13H,6,10,18H2,1-5H3. The fourth-order valence-corrected chi connectivity index (χ4v) is 2.60. The Morgan fingerprint density at radius 1 is 1.33 bits per heavy atom. The van der Waals surface area contributed by atoms with Crippen molar-refractivity contribution in [2.45, 2.75) is 52.7 Å². The van der Waals surface area contributed by atoms with E-state index in [-0.39, 0.29) is 11.9 Å². The molecule has 0 aliphatic carbocycles. The second kappa shape index (κ2) is 5.68. The maximum Gasteiger partial charge on any atom is 0.270 e. The Labute approximate surface area is 127 Å². The van der Waals surface area contributed by atoms with Crippen LogP contribution >= 0.6 is 0 Å². The van der Waals surface area contributed by atoms with Gasteiger partial charge in [-0.15, -0.1) is 0 Å². The van der Waals surface area contributed by atoms with Crippen molar-refractivity contribution in [2.75, 3.05) is 11.4 Å². The largest absolute Gasteiger partial charge is 0.476 e. The average Bonchev–Trinajstić information content (AvgIpc) is 2.42. The molecule has 1 unspecified atom stereocenters. The van der Waals surface area contributed by atoms with E-state index in [4.69, 9.17) is 10.5 Å². The summed E-state index contributed by atoms with van der Waals surface area (Å²) in [7, 11) is 0. The first-order valence-corrected chi connectivity index (χ1v) is 7.66. The van der Waals surface area contributed by atoms with Gasteiger partial charge in [-0.2, -0.15) is 0 Å². The molecule has 21 heavy (non-hydrogen) atoms. The van der Waals surface area contributed by atoms with E-state index >= 15 is 0 Å². The molecule has 0 aromatic heterocycles. The van der Waals surface area contributed by atoms with Crippen LogP contribution < -0.4 is 15.4 Å². The van der Waals surface area contributed by atoms with Crippen molar-refractivity contribution >= 4 is 11.6 Å². The third-order valence-corrected chi connectivity index (χ3v) is 3.81. The van der Waals surface area contributed by atoms with Crippen LogP contribution in [0.25, 0.3) is 0 Å². The van der Waals surface area contributed by atoms with Crippen molar-refractivity contribution in [3.05, 3.63) is 23.8 Å². The van der Waals surface area contributed by atoms with Gasteiger partial charge in [0.25, 0.3) is 5.91 Å². The van der Waals surface area contributed by atoms with Gasteiger partial charge in [0.15, 0.2) is 5.60 Å². The lowest BCUT2D eigenvalue weighted by Crippen LogP contribution is -2.53. The molecule has 1 aromatic rings. The molecule has 1 heterocycles. The monoisotopic (exact) mass is 290 g/mol. The Balaban J connectivity index is 2.48. The second-order valence-electron chi connectivity index (χ2n) is 6.66. The number of ether oxygens (including phenoxy) is 1. The van der Waals surface area contributed by atoms with Crippen molar-refractivity contribution in [3.63, 3.8) is 0 Å². The smallest absolute Gasteiger partial charge is 0.270 e.